The van der Waals surface area contributed by atoms with Gasteiger partial charge >= 0.3 is 0 Å². The quantitative estimate of drug-likeness (QED) is 0.868. The summed E-state index contributed by atoms with van der Waals surface area (Å²) in [5.41, 5.74) is 7.45. The highest BCUT2D eigenvalue weighted by Gasteiger charge is 2.17. The first-order chi connectivity index (χ1) is 9.02. The van der Waals surface area contributed by atoms with Crippen LogP contribution in [0, 0.1) is 6.92 Å². The number of aryl methyl sites for hydroxylation is 1. The molecule has 0 fully saturated rings. The molecule has 0 aliphatic rings. The van der Waals surface area contributed by atoms with Crippen molar-refractivity contribution >= 4 is 5.91 Å². The highest BCUT2D eigenvalue weighted by atomic mass is 16.4. The molecule has 19 heavy (non-hydrogen) atoms. The molecular formula is C13H18N4O2. The van der Waals surface area contributed by atoms with E-state index < -0.39 is 0 Å². The number of nitrogens with two attached hydrogens (primary N) is 1. The van der Waals surface area contributed by atoms with Gasteiger partial charge in [0.25, 0.3) is 5.91 Å². The van der Waals surface area contributed by atoms with Crippen LogP contribution in [0.3, 0.4) is 0 Å². The number of hydrogen-bond acceptors (Lipinski definition) is 4. The first kappa shape index (κ1) is 13.4. The van der Waals surface area contributed by atoms with E-state index in [9.17, 15) is 4.79 Å². The summed E-state index contributed by atoms with van der Waals surface area (Å²) in [7, 11) is 1.87. The van der Waals surface area contributed by atoms with Gasteiger partial charge in [-0.2, -0.15) is 5.10 Å². The summed E-state index contributed by atoms with van der Waals surface area (Å²) >= 11 is 0. The van der Waals surface area contributed by atoms with Crippen LogP contribution in [0.2, 0.25) is 0 Å². The maximum absolute atomic E-state index is 12.0. The third-order valence-corrected chi connectivity index (χ3v) is 3.17. The molecule has 0 spiro atoms. The van der Waals surface area contributed by atoms with Gasteiger partial charge in [0, 0.05) is 18.3 Å². The second kappa shape index (κ2) is 5.27. The normalized spacial score (nSPS) is 12.4. The average Bonchev–Trinajstić information content (AvgIpc) is 2.98. The summed E-state index contributed by atoms with van der Waals surface area (Å²) in [5.74, 6) is 0.611. The number of amides is 1. The first-order valence-corrected chi connectivity index (χ1v) is 6.11. The lowest BCUT2D eigenvalue weighted by molar-refractivity contribution is 0.0910. The van der Waals surface area contributed by atoms with Crippen molar-refractivity contribution in [2.24, 2.45) is 12.8 Å². The van der Waals surface area contributed by atoms with Crippen LogP contribution in [0.1, 0.15) is 40.5 Å². The summed E-state index contributed by atoms with van der Waals surface area (Å²) in [6, 6.07) is 3.20. The molecule has 0 bridgehead atoms. The lowest BCUT2D eigenvalue weighted by Crippen LogP contribution is -2.26. The Kier molecular flexibility index (Phi) is 3.71. The number of aromatic nitrogens is 2. The molecule has 1 unspecified atom stereocenters. The lowest BCUT2D eigenvalue weighted by Gasteiger charge is -2.12. The molecule has 1 atom stereocenters. The molecular weight excluding hydrogens is 244 g/mol. The standard InChI is InChI=1S/C13H18N4O2/c1-8(11-7-15-17(3)9(11)2)16-13(18)12-5-4-10(6-14)19-12/h4-5,7-8H,6,14H2,1-3H3,(H,16,18). The molecule has 0 saturated heterocycles. The number of carbonyl (C=O) groups is 1. The number of hydrogen-bond donors (Lipinski definition) is 2. The minimum absolute atomic E-state index is 0.132. The van der Waals surface area contributed by atoms with E-state index in [1.54, 1.807) is 23.0 Å². The van der Waals surface area contributed by atoms with Crippen LogP contribution in [-0.2, 0) is 13.6 Å². The van der Waals surface area contributed by atoms with E-state index in [1.807, 2.05) is 20.9 Å². The molecule has 0 aliphatic carbocycles. The van der Waals surface area contributed by atoms with Crippen LogP contribution >= 0.6 is 0 Å². The molecule has 3 N–H and O–H groups in total. The predicted octanol–water partition coefficient (Wildman–Crippen LogP) is 1.27. The summed E-state index contributed by atoms with van der Waals surface area (Å²) in [5, 5.41) is 7.04. The van der Waals surface area contributed by atoms with Gasteiger partial charge in [0.2, 0.25) is 0 Å². The van der Waals surface area contributed by atoms with Gasteiger partial charge in [-0.15, -0.1) is 0 Å². The van der Waals surface area contributed by atoms with Crippen LogP contribution in [0.4, 0.5) is 0 Å². The SMILES string of the molecule is Cc1c(C(C)NC(=O)c2ccc(CN)o2)cnn1C. The van der Waals surface area contributed by atoms with Gasteiger partial charge in [-0.05, 0) is 26.0 Å². The fraction of sp³-hybridized carbons (Fsp3) is 0.385. The van der Waals surface area contributed by atoms with E-state index in [0.717, 1.165) is 11.3 Å². The average molecular weight is 262 g/mol. The number of carbonyl (C=O) groups excluding carboxylic acids is 1. The van der Waals surface area contributed by atoms with Gasteiger partial charge < -0.3 is 15.5 Å². The molecule has 2 heterocycles. The second-order valence-corrected chi connectivity index (χ2v) is 4.47. The maximum Gasteiger partial charge on any atom is 0.287 e. The van der Waals surface area contributed by atoms with E-state index in [-0.39, 0.29) is 24.3 Å². The minimum atomic E-state index is -0.254. The third-order valence-electron chi connectivity index (χ3n) is 3.17. The molecule has 0 aromatic carbocycles. The molecule has 6 nitrogen and oxygen atoms in total. The number of nitrogens with one attached hydrogen (secondary N) is 1. The van der Waals surface area contributed by atoms with Crippen molar-refractivity contribution < 1.29 is 9.21 Å². The minimum Gasteiger partial charge on any atom is -0.455 e. The van der Waals surface area contributed by atoms with Gasteiger partial charge in [-0.25, -0.2) is 0 Å². The summed E-state index contributed by atoms with van der Waals surface area (Å²) < 4.78 is 7.08. The number of furan rings is 1. The van der Waals surface area contributed by atoms with Crippen molar-refractivity contribution in [1.82, 2.24) is 15.1 Å². The Morgan fingerprint density at radius 3 is 2.84 bits per heavy atom. The number of rotatable bonds is 4. The van der Waals surface area contributed by atoms with Crippen LogP contribution in [-0.4, -0.2) is 15.7 Å². The largest absolute Gasteiger partial charge is 0.455 e. The molecule has 2 aromatic rings. The highest BCUT2D eigenvalue weighted by molar-refractivity contribution is 5.91. The van der Waals surface area contributed by atoms with Gasteiger partial charge in [0.15, 0.2) is 5.76 Å². The zero-order chi connectivity index (χ0) is 14.0. The third kappa shape index (κ3) is 2.68. The van der Waals surface area contributed by atoms with Crippen LogP contribution in [0.5, 0.6) is 0 Å². The van der Waals surface area contributed by atoms with Crippen molar-refractivity contribution in [2.45, 2.75) is 26.4 Å². The van der Waals surface area contributed by atoms with E-state index in [2.05, 4.69) is 10.4 Å². The highest BCUT2D eigenvalue weighted by Crippen LogP contribution is 2.17. The van der Waals surface area contributed by atoms with Gasteiger partial charge in [-0.1, -0.05) is 0 Å². The Bertz CT molecular complexity index is 585. The summed E-state index contributed by atoms with van der Waals surface area (Å²) in [6.45, 7) is 4.16. The second-order valence-electron chi connectivity index (χ2n) is 4.47. The fourth-order valence-electron chi connectivity index (χ4n) is 1.90. The van der Waals surface area contributed by atoms with Crippen molar-refractivity contribution in [1.29, 1.82) is 0 Å². The molecule has 0 saturated carbocycles. The van der Waals surface area contributed by atoms with E-state index in [1.165, 1.54) is 0 Å². The van der Waals surface area contributed by atoms with Gasteiger partial charge in [0.1, 0.15) is 5.76 Å². The van der Waals surface area contributed by atoms with Crippen molar-refractivity contribution in [2.75, 3.05) is 0 Å². The van der Waals surface area contributed by atoms with Crippen molar-refractivity contribution in [3.8, 4) is 0 Å². The van der Waals surface area contributed by atoms with Crippen LogP contribution in [0.15, 0.2) is 22.7 Å². The zero-order valence-corrected chi connectivity index (χ0v) is 11.3. The van der Waals surface area contributed by atoms with E-state index in [0.29, 0.717) is 5.76 Å². The molecule has 1 amide bonds. The summed E-state index contributed by atoms with van der Waals surface area (Å²) in [4.78, 5) is 12.0. The van der Waals surface area contributed by atoms with Gasteiger partial charge in [0.05, 0.1) is 18.8 Å². The van der Waals surface area contributed by atoms with Crippen molar-refractivity contribution in [3.63, 3.8) is 0 Å². The lowest BCUT2D eigenvalue weighted by atomic mass is 10.1. The molecule has 2 rings (SSSR count). The van der Waals surface area contributed by atoms with Gasteiger partial charge in [-0.3, -0.25) is 9.48 Å². The molecule has 102 valence electrons. The smallest absolute Gasteiger partial charge is 0.287 e. The summed E-state index contributed by atoms with van der Waals surface area (Å²) in [6.07, 6.45) is 1.76. The molecule has 0 radical (unpaired) electrons. The Labute approximate surface area is 111 Å². The monoisotopic (exact) mass is 262 g/mol. The van der Waals surface area contributed by atoms with Crippen LogP contribution < -0.4 is 11.1 Å². The molecule has 2 aromatic heterocycles. The number of nitrogens with zero attached hydrogens (tertiary/aromatic N) is 2. The van der Waals surface area contributed by atoms with Crippen molar-refractivity contribution in [3.05, 3.63) is 41.1 Å². The Balaban J connectivity index is 2.08. The Morgan fingerprint density at radius 2 is 2.32 bits per heavy atom. The Hall–Kier alpha value is -2.08. The fourth-order valence-corrected chi connectivity index (χ4v) is 1.90. The van der Waals surface area contributed by atoms with E-state index >= 15 is 0 Å². The van der Waals surface area contributed by atoms with Crippen LogP contribution in [0.25, 0.3) is 0 Å². The maximum atomic E-state index is 12.0. The zero-order valence-electron chi connectivity index (χ0n) is 11.3. The molecule has 6 heteroatoms. The van der Waals surface area contributed by atoms with E-state index in [4.69, 9.17) is 10.2 Å². The Morgan fingerprint density at radius 1 is 1.58 bits per heavy atom. The molecule has 0 aliphatic heterocycles. The first-order valence-electron chi connectivity index (χ1n) is 6.11. The predicted molar refractivity (Wildman–Crippen MR) is 70.4 cm³/mol. The topological polar surface area (TPSA) is 86.1 Å².